The highest BCUT2D eigenvalue weighted by Crippen LogP contribution is 2.31. The first kappa shape index (κ1) is 19.2. The lowest BCUT2D eigenvalue weighted by Crippen LogP contribution is -2.31. The zero-order chi connectivity index (χ0) is 18.8. The highest BCUT2D eigenvalue weighted by Gasteiger charge is 2.27. The average molecular weight is 385 g/mol. The number of hydrogen-bond donors (Lipinski definition) is 2. The van der Waals surface area contributed by atoms with Gasteiger partial charge in [-0.15, -0.1) is 0 Å². The van der Waals surface area contributed by atoms with E-state index in [9.17, 15) is 23.6 Å². The maximum atomic E-state index is 11.6. The number of nitro groups is 1. The normalized spacial score (nSPS) is 13.9. The quantitative estimate of drug-likeness (QED) is 0.585. The first-order valence-electron chi connectivity index (χ1n) is 7.22. The molecule has 0 aliphatic carbocycles. The number of sulfone groups is 1. The van der Waals surface area contributed by atoms with E-state index in [-0.39, 0.29) is 17.1 Å². The summed E-state index contributed by atoms with van der Waals surface area (Å²) in [6.07, 6.45) is 0.974. The van der Waals surface area contributed by atoms with Crippen molar-refractivity contribution in [2.24, 2.45) is 0 Å². The lowest BCUT2D eigenvalue weighted by molar-refractivity contribution is -0.384. The highest BCUT2D eigenvalue weighted by atomic mass is 35.5. The average Bonchev–Trinajstić information content (AvgIpc) is 2.52. The van der Waals surface area contributed by atoms with Crippen LogP contribution in [-0.2, 0) is 15.4 Å². The molecular weight excluding hydrogens is 368 g/mol. The van der Waals surface area contributed by atoms with Crippen LogP contribution in [-0.4, -0.2) is 31.2 Å². The van der Waals surface area contributed by atoms with Gasteiger partial charge in [-0.1, -0.05) is 29.8 Å². The Bertz CT molecular complexity index is 912. The molecule has 0 amide bonds. The number of benzene rings is 2. The summed E-state index contributed by atoms with van der Waals surface area (Å²) in [6, 6.07) is 10.3. The zero-order valence-electron chi connectivity index (χ0n) is 13.6. The number of nitrogens with zero attached hydrogens (tertiary/aromatic N) is 1. The molecule has 9 heteroatoms. The van der Waals surface area contributed by atoms with E-state index in [1.807, 2.05) is 0 Å². The van der Waals surface area contributed by atoms with E-state index in [1.165, 1.54) is 19.1 Å². The van der Waals surface area contributed by atoms with Gasteiger partial charge in [-0.25, -0.2) is 8.42 Å². The van der Waals surface area contributed by atoms with Gasteiger partial charge in [0.15, 0.2) is 9.84 Å². The predicted octanol–water partition coefficient (Wildman–Crippen LogP) is 2.97. The summed E-state index contributed by atoms with van der Waals surface area (Å²) in [5.74, 6) is 0. The van der Waals surface area contributed by atoms with E-state index in [2.05, 4.69) is 5.32 Å². The number of nitro benzene ring substituents is 1. The molecule has 2 aromatic carbocycles. The molecule has 2 N–H and O–H groups in total. The number of hydrogen-bond acceptors (Lipinski definition) is 6. The molecule has 0 radical (unpaired) electrons. The fourth-order valence-corrected chi connectivity index (χ4v) is 3.28. The van der Waals surface area contributed by atoms with E-state index in [4.69, 9.17) is 11.6 Å². The van der Waals surface area contributed by atoms with Crippen LogP contribution in [0.5, 0.6) is 0 Å². The summed E-state index contributed by atoms with van der Waals surface area (Å²) >= 11 is 6.08. The first-order chi connectivity index (χ1) is 11.5. The van der Waals surface area contributed by atoms with Crippen molar-refractivity contribution in [3.05, 3.63) is 63.2 Å². The minimum Gasteiger partial charge on any atom is -0.384 e. The monoisotopic (exact) mass is 384 g/mol. The summed E-state index contributed by atoms with van der Waals surface area (Å²) < 4.78 is 23.1. The van der Waals surface area contributed by atoms with E-state index >= 15 is 0 Å². The standard InChI is InChI=1S/C16H17ClN2O5S/c1-16(20,12-5-3-4-6-13(12)17)10-18-14-8-7-11(25(2,23)24)9-15(14)19(21)22/h3-9,18,20H,10H2,1-2H3. The molecule has 134 valence electrons. The topological polar surface area (TPSA) is 110 Å². The molecule has 0 fully saturated rings. The Balaban J connectivity index is 2.31. The summed E-state index contributed by atoms with van der Waals surface area (Å²) in [7, 11) is -3.57. The molecule has 7 nitrogen and oxygen atoms in total. The third kappa shape index (κ3) is 4.47. The van der Waals surface area contributed by atoms with Crippen LogP contribution in [0, 0.1) is 10.1 Å². The number of nitrogens with one attached hydrogen (secondary N) is 1. The van der Waals surface area contributed by atoms with Gasteiger partial charge in [0.2, 0.25) is 0 Å². The van der Waals surface area contributed by atoms with E-state index < -0.39 is 26.0 Å². The van der Waals surface area contributed by atoms with E-state index in [0.29, 0.717) is 10.6 Å². The van der Waals surface area contributed by atoms with Gasteiger partial charge in [-0.3, -0.25) is 10.1 Å². The van der Waals surface area contributed by atoms with Crippen LogP contribution in [0.25, 0.3) is 0 Å². The van der Waals surface area contributed by atoms with Gasteiger partial charge in [-0.05, 0) is 25.1 Å². The zero-order valence-corrected chi connectivity index (χ0v) is 15.1. The molecule has 1 atom stereocenters. The SMILES string of the molecule is CC(O)(CNc1ccc(S(C)(=O)=O)cc1[N+](=O)[O-])c1ccccc1Cl. The van der Waals surface area contributed by atoms with Gasteiger partial charge in [0.25, 0.3) is 5.69 Å². The van der Waals surface area contributed by atoms with Gasteiger partial charge in [0, 0.05) is 29.5 Å². The molecule has 2 rings (SSSR count). The second-order valence-electron chi connectivity index (χ2n) is 5.82. The second kappa shape index (κ2) is 6.99. The van der Waals surface area contributed by atoms with E-state index in [0.717, 1.165) is 12.3 Å². The smallest absolute Gasteiger partial charge is 0.293 e. The Morgan fingerprint density at radius 2 is 1.92 bits per heavy atom. The fraction of sp³-hybridized carbons (Fsp3) is 0.250. The minimum absolute atomic E-state index is 0.0597. The second-order valence-corrected chi connectivity index (χ2v) is 8.24. The Kier molecular flexibility index (Phi) is 5.36. The highest BCUT2D eigenvalue weighted by molar-refractivity contribution is 7.90. The van der Waals surface area contributed by atoms with Crippen LogP contribution in [0.2, 0.25) is 5.02 Å². The van der Waals surface area contributed by atoms with Gasteiger partial charge in [0.05, 0.1) is 9.82 Å². The lowest BCUT2D eigenvalue weighted by Gasteiger charge is -2.25. The first-order valence-corrected chi connectivity index (χ1v) is 9.49. The van der Waals surface area contributed by atoms with Crippen molar-refractivity contribution in [2.45, 2.75) is 17.4 Å². The van der Waals surface area contributed by atoms with Crippen LogP contribution in [0.1, 0.15) is 12.5 Å². The lowest BCUT2D eigenvalue weighted by atomic mass is 9.96. The van der Waals surface area contributed by atoms with Crippen LogP contribution < -0.4 is 5.32 Å². The number of halogens is 1. The molecule has 0 saturated heterocycles. The molecular formula is C16H17ClN2O5S. The van der Waals surface area contributed by atoms with Crippen molar-refractivity contribution < 1.29 is 18.4 Å². The van der Waals surface area contributed by atoms with Crippen molar-refractivity contribution in [3.8, 4) is 0 Å². The van der Waals surface area contributed by atoms with E-state index in [1.54, 1.807) is 24.3 Å². The largest absolute Gasteiger partial charge is 0.384 e. The Morgan fingerprint density at radius 1 is 1.28 bits per heavy atom. The number of aliphatic hydroxyl groups is 1. The summed E-state index contributed by atoms with van der Waals surface area (Å²) in [6.45, 7) is 1.47. The van der Waals surface area contributed by atoms with Crippen LogP contribution in [0.4, 0.5) is 11.4 Å². The Morgan fingerprint density at radius 3 is 2.48 bits per heavy atom. The molecule has 0 bridgehead atoms. The van der Waals surface area contributed by atoms with Crippen molar-refractivity contribution in [1.82, 2.24) is 0 Å². The summed E-state index contributed by atoms with van der Waals surface area (Å²) in [5, 5.41) is 25.0. The number of rotatable bonds is 6. The van der Waals surface area contributed by atoms with Crippen LogP contribution in [0.15, 0.2) is 47.4 Å². The molecule has 2 aromatic rings. The molecule has 1 unspecified atom stereocenters. The molecule has 0 aromatic heterocycles. The summed E-state index contributed by atoms with van der Waals surface area (Å²) in [5.41, 5.74) is -1.20. The van der Waals surface area contributed by atoms with Gasteiger partial charge in [0.1, 0.15) is 11.3 Å². The summed E-state index contributed by atoms with van der Waals surface area (Å²) in [4.78, 5) is 10.4. The van der Waals surface area contributed by atoms with Crippen molar-refractivity contribution in [3.63, 3.8) is 0 Å². The van der Waals surface area contributed by atoms with Gasteiger partial charge < -0.3 is 10.4 Å². The molecule has 25 heavy (non-hydrogen) atoms. The Labute approximate surface area is 150 Å². The molecule has 0 aliphatic rings. The molecule has 0 aliphatic heterocycles. The van der Waals surface area contributed by atoms with Gasteiger partial charge >= 0.3 is 0 Å². The van der Waals surface area contributed by atoms with Crippen LogP contribution in [0.3, 0.4) is 0 Å². The fourth-order valence-electron chi connectivity index (χ4n) is 2.30. The van der Waals surface area contributed by atoms with Gasteiger partial charge in [-0.2, -0.15) is 0 Å². The third-order valence-corrected chi connectivity index (χ3v) is 5.11. The maximum Gasteiger partial charge on any atom is 0.293 e. The Hall–Kier alpha value is -2.16. The molecule has 0 spiro atoms. The van der Waals surface area contributed by atoms with Crippen molar-refractivity contribution in [1.29, 1.82) is 0 Å². The molecule has 0 saturated carbocycles. The minimum atomic E-state index is -3.57. The number of anilines is 1. The third-order valence-electron chi connectivity index (χ3n) is 3.67. The maximum absolute atomic E-state index is 11.6. The van der Waals surface area contributed by atoms with Crippen molar-refractivity contribution >= 4 is 32.8 Å². The predicted molar refractivity (Wildman–Crippen MR) is 95.7 cm³/mol. The van der Waals surface area contributed by atoms with Crippen LogP contribution >= 0.6 is 11.6 Å². The van der Waals surface area contributed by atoms with Crippen molar-refractivity contribution in [2.75, 3.05) is 18.1 Å². The molecule has 0 heterocycles.